The summed E-state index contributed by atoms with van der Waals surface area (Å²) in [6, 6.07) is 12.8. The number of rotatable bonds is 6. The molecule has 2 amide bonds. The summed E-state index contributed by atoms with van der Waals surface area (Å²) in [6.45, 7) is 4.39. The Morgan fingerprint density at radius 3 is 2.70 bits per heavy atom. The second-order valence-corrected chi connectivity index (χ2v) is 5.08. The molecule has 1 aromatic carbocycles. The van der Waals surface area contributed by atoms with Gasteiger partial charge in [0.15, 0.2) is 0 Å². The highest BCUT2D eigenvalue weighted by molar-refractivity contribution is 5.98. The Morgan fingerprint density at radius 2 is 2.00 bits per heavy atom. The van der Waals surface area contributed by atoms with E-state index in [0.717, 1.165) is 5.56 Å². The van der Waals surface area contributed by atoms with Crippen molar-refractivity contribution in [3.63, 3.8) is 0 Å². The maximum Gasteiger partial charge on any atom is 0.270 e. The van der Waals surface area contributed by atoms with Gasteiger partial charge in [-0.2, -0.15) is 0 Å². The van der Waals surface area contributed by atoms with Gasteiger partial charge in [0.2, 0.25) is 0 Å². The third kappa shape index (κ3) is 4.51. The van der Waals surface area contributed by atoms with E-state index in [-0.39, 0.29) is 17.5 Å². The fraction of sp³-hybridized carbons (Fsp3) is 0.167. The quantitative estimate of drug-likeness (QED) is 0.833. The van der Waals surface area contributed by atoms with Gasteiger partial charge in [0.25, 0.3) is 11.8 Å². The second-order valence-electron chi connectivity index (χ2n) is 5.08. The van der Waals surface area contributed by atoms with Crippen molar-refractivity contribution in [3.05, 3.63) is 78.1 Å². The molecule has 5 nitrogen and oxygen atoms in total. The van der Waals surface area contributed by atoms with E-state index in [0.29, 0.717) is 18.7 Å². The number of benzene rings is 1. The van der Waals surface area contributed by atoms with Crippen LogP contribution in [0.3, 0.4) is 0 Å². The van der Waals surface area contributed by atoms with Gasteiger partial charge in [-0.1, -0.05) is 36.4 Å². The lowest BCUT2D eigenvalue weighted by Gasteiger charge is -2.17. The molecule has 0 unspecified atom stereocenters. The smallest absolute Gasteiger partial charge is 0.270 e. The first-order chi connectivity index (χ1) is 11.1. The maximum atomic E-state index is 12.5. The number of nitrogens with one attached hydrogen (secondary N) is 1. The number of hydrogen-bond acceptors (Lipinski definition) is 3. The van der Waals surface area contributed by atoms with Gasteiger partial charge in [0.1, 0.15) is 5.69 Å². The van der Waals surface area contributed by atoms with E-state index in [1.165, 1.54) is 12.3 Å². The Morgan fingerprint density at radius 1 is 1.26 bits per heavy atom. The van der Waals surface area contributed by atoms with Crippen molar-refractivity contribution >= 4 is 11.8 Å². The van der Waals surface area contributed by atoms with Crippen LogP contribution in [0.2, 0.25) is 0 Å². The first kappa shape index (κ1) is 16.4. The van der Waals surface area contributed by atoms with E-state index in [2.05, 4.69) is 16.9 Å². The van der Waals surface area contributed by atoms with Crippen molar-refractivity contribution < 1.29 is 9.59 Å². The summed E-state index contributed by atoms with van der Waals surface area (Å²) in [5.74, 6) is -0.487. The summed E-state index contributed by atoms with van der Waals surface area (Å²) < 4.78 is 0. The molecule has 1 heterocycles. The summed E-state index contributed by atoms with van der Waals surface area (Å²) in [6.07, 6.45) is 3.05. The zero-order valence-corrected chi connectivity index (χ0v) is 13.0. The predicted octanol–water partition coefficient (Wildman–Crippen LogP) is 2.27. The fourth-order valence-electron chi connectivity index (χ4n) is 2.09. The average Bonchev–Trinajstić information content (AvgIpc) is 2.60. The largest absolute Gasteiger partial charge is 0.347 e. The number of amides is 2. The van der Waals surface area contributed by atoms with E-state index < -0.39 is 0 Å². The van der Waals surface area contributed by atoms with Gasteiger partial charge < -0.3 is 10.2 Å². The lowest BCUT2D eigenvalue weighted by Crippen LogP contribution is -2.28. The molecular weight excluding hydrogens is 290 g/mol. The minimum Gasteiger partial charge on any atom is -0.347 e. The molecule has 2 rings (SSSR count). The molecule has 0 spiro atoms. The maximum absolute atomic E-state index is 12.5. The summed E-state index contributed by atoms with van der Waals surface area (Å²) in [7, 11) is 1.73. The standard InChI is InChI=1S/C18H19N3O2/c1-3-10-20-17(22)16-12-15(9-11-19-16)18(23)21(2)13-14-7-5-4-6-8-14/h3-9,11-12H,1,10,13H2,2H3,(H,20,22). The molecular formula is C18H19N3O2. The minimum atomic E-state index is -0.328. The van der Waals surface area contributed by atoms with Crippen LogP contribution in [0.25, 0.3) is 0 Å². The molecule has 0 saturated carbocycles. The van der Waals surface area contributed by atoms with Crippen molar-refractivity contribution in [2.75, 3.05) is 13.6 Å². The molecule has 0 saturated heterocycles. The van der Waals surface area contributed by atoms with Crippen molar-refractivity contribution in [2.24, 2.45) is 0 Å². The topological polar surface area (TPSA) is 62.3 Å². The Bertz CT molecular complexity index is 698. The zero-order valence-electron chi connectivity index (χ0n) is 13.0. The van der Waals surface area contributed by atoms with Gasteiger partial charge in [-0.3, -0.25) is 14.6 Å². The molecule has 0 radical (unpaired) electrons. The van der Waals surface area contributed by atoms with Gasteiger partial charge in [-0.15, -0.1) is 6.58 Å². The Hall–Kier alpha value is -2.95. The molecule has 0 fully saturated rings. The highest BCUT2D eigenvalue weighted by Crippen LogP contribution is 2.09. The number of pyridine rings is 1. The van der Waals surface area contributed by atoms with Gasteiger partial charge in [-0.25, -0.2) is 0 Å². The summed E-state index contributed by atoms with van der Waals surface area (Å²) >= 11 is 0. The highest BCUT2D eigenvalue weighted by Gasteiger charge is 2.15. The van der Waals surface area contributed by atoms with Crippen LogP contribution in [0, 0.1) is 0 Å². The highest BCUT2D eigenvalue weighted by atomic mass is 16.2. The molecule has 0 atom stereocenters. The molecule has 0 aliphatic heterocycles. The number of carbonyl (C=O) groups is 2. The number of carbonyl (C=O) groups excluding carboxylic acids is 2. The minimum absolute atomic E-state index is 0.158. The van der Waals surface area contributed by atoms with Crippen molar-refractivity contribution in [1.82, 2.24) is 15.2 Å². The summed E-state index contributed by atoms with van der Waals surface area (Å²) in [5.41, 5.74) is 1.69. The monoisotopic (exact) mass is 309 g/mol. The summed E-state index contributed by atoms with van der Waals surface area (Å²) in [5, 5.41) is 2.64. The van der Waals surface area contributed by atoms with Crippen molar-refractivity contribution in [1.29, 1.82) is 0 Å². The molecule has 0 aliphatic rings. The molecule has 5 heteroatoms. The second kappa shape index (κ2) is 7.89. The molecule has 0 bridgehead atoms. The van der Waals surface area contributed by atoms with Crippen LogP contribution in [0.4, 0.5) is 0 Å². The van der Waals surface area contributed by atoms with Gasteiger partial charge in [0.05, 0.1) is 0 Å². The third-order valence-corrected chi connectivity index (χ3v) is 3.26. The van der Waals surface area contributed by atoms with Crippen LogP contribution >= 0.6 is 0 Å². The summed E-state index contributed by atoms with van der Waals surface area (Å²) in [4.78, 5) is 30.0. The van der Waals surface area contributed by atoms with E-state index in [9.17, 15) is 9.59 Å². The first-order valence-corrected chi connectivity index (χ1v) is 7.26. The van der Waals surface area contributed by atoms with Crippen LogP contribution in [0.1, 0.15) is 26.4 Å². The molecule has 1 aromatic heterocycles. The Kier molecular flexibility index (Phi) is 5.63. The lowest BCUT2D eigenvalue weighted by molar-refractivity contribution is 0.0785. The van der Waals surface area contributed by atoms with Crippen LogP contribution in [-0.4, -0.2) is 35.3 Å². The number of nitrogens with zero attached hydrogens (tertiary/aromatic N) is 2. The van der Waals surface area contributed by atoms with Crippen LogP contribution < -0.4 is 5.32 Å². The predicted molar refractivity (Wildman–Crippen MR) is 89.0 cm³/mol. The molecule has 1 N–H and O–H groups in total. The van der Waals surface area contributed by atoms with E-state index >= 15 is 0 Å². The average molecular weight is 309 g/mol. The lowest BCUT2D eigenvalue weighted by atomic mass is 10.1. The van der Waals surface area contributed by atoms with E-state index in [1.54, 1.807) is 24.1 Å². The van der Waals surface area contributed by atoms with Crippen molar-refractivity contribution in [2.45, 2.75) is 6.54 Å². The Balaban J connectivity index is 2.09. The van der Waals surface area contributed by atoms with Crippen LogP contribution in [0.5, 0.6) is 0 Å². The SMILES string of the molecule is C=CCNC(=O)c1cc(C(=O)N(C)Cc2ccccc2)ccn1. The third-order valence-electron chi connectivity index (χ3n) is 3.26. The van der Waals surface area contributed by atoms with Crippen molar-refractivity contribution in [3.8, 4) is 0 Å². The number of aromatic nitrogens is 1. The van der Waals surface area contributed by atoms with E-state index in [1.807, 2.05) is 30.3 Å². The molecule has 2 aromatic rings. The van der Waals surface area contributed by atoms with Gasteiger partial charge in [-0.05, 0) is 17.7 Å². The zero-order chi connectivity index (χ0) is 16.7. The van der Waals surface area contributed by atoms with Crippen LogP contribution in [-0.2, 0) is 6.54 Å². The normalized spacial score (nSPS) is 9.96. The number of hydrogen-bond donors (Lipinski definition) is 1. The van der Waals surface area contributed by atoms with Gasteiger partial charge >= 0.3 is 0 Å². The molecule has 118 valence electrons. The van der Waals surface area contributed by atoms with Crippen LogP contribution in [0.15, 0.2) is 61.3 Å². The van der Waals surface area contributed by atoms with Gasteiger partial charge in [0, 0.05) is 31.9 Å². The fourth-order valence-corrected chi connectivity index (χ4v) is 2.09. The first-order valence-electron chi connectivity index (χ1n) is 7.26. The van der Waals surface area contributed by atoms with E-state index in [4.69, 9.17) is 0 Å². The molecule has 23 heavy (non-hydrogen) atoms. The molecule has 0 aliphatic carbocycles. The Labute approximate surface area is 135 Å².